The Morgan fingerprint density at radius 1 is 1.00 bits per heavy atom. The molecule has 0 bridgehead atoms. The first kappa shape index (κ1) is 15.7. The summed E-state index contributed by atoms with van der Waals surface area (Å²) < 4.78 is 0. The van der Waals surface area contributed by atoms with Gasteiger partial charge in [0.15, 0.2) is 5.65 Å². The van der Waals surface area contributed by atoms with Gasteiger partial charge in [-0.25, -0.2) is 24.9 Å². The van der Waals surface area contributed by atoms with Crippen molar-refractivity contribution in [2.75, 3.05) is 36.0 Å². The summed E-state index contributed by atoms with van der Waals surface area (Å²) in [5.41, 5.74) is 1.84. The van der Waals surface area contributed by atoms with E-state index in [0.29, 0.717) is 0 Å². The Bertz CT molecular complexity index is 882. The van der Waals surface area contributed by atoms with Crippen LogP contribution >= 0.6 is 0 Å². The van der Waals surface area contributed by atoms with Crippen LogP contribution in [0.3, 0.4) is 0 Å². The lowest BCUT2D eigenvalue weighted by atomic mass is 10.2. The Kier molecular flexibility index (Phi) is 4.13. The second-order valence-corrected chi connectivity index (χ2v) is 6.16. The van der Waals surface area contributed by atoms with Crippen molar-refractivity contribution in [1.29, 1.82) is 0 Å². The summed E-state index contributed by atoms with van der Waals surface area (Å²) in [7, 11) is 0. The largest absolute Gasteiger partial charge is 0.353 e. The van der Waals surface area contributed by atoms with E-state index in [-0.39, 0.29) is 0 Å². The van der Waals surface area contributed by atoms with Crippen LogP contribution in [0.5, 0.6) is 0 Å². The first-order valence-electron chi connectivity index (χ1n) is 8.65. The maximum absolute atomic E-state index is 4.61. The second kappa shape index (κ2) is 6.58. The molecule has 0 unspecified atom stereocenters. The van der Waals surface area contributed by atoms with Crippen LogP contribution in [0.2, 0.25) is 0 Å². The lowest BCUT2D eigenvalue weighted by Gasteiger charge is -2.36. The van der Waals surface area contributed by atoms with Gasteiger partial charge in [-0.3, -0.25) is 0 Å². The summed E-state index contributed by atoms with van der Waals surface area (Å²) in [5, 5.41) is 1.00. The summed E-state index contributed by atoms with van der Waals surface area (Å²) >= 11 is 0. The van der Waals surface area contributed by atoms with Crippen molar-refractivity contribution in [1.82, 2.24) is 24.9 Å². The predicted molar refractivity (Wildman–Crippen MR) is 97.9 cm³/mol. The molecule has 0 spiro atoms. The van der Waals surface area contributed by atoms with Crippen LogP contribution in [-0.4, -0.2) is 51.1 Å². The van der Waals surface area contributed by atoms with E-state index < -0.39 is 0 Å². The van der Waals surface area contributed by atoms with E-state index in [0.717, 1.165) is 66.8 Å². The number of aromatic nitrogens is 5. The molecule has 0 aromatic carbocycles. The molecule has 4 rings (SSSR count). The highest BCUT2D eigenvalue weighted by Crippen LogP contribution is 2.23. The zero-order valence-corrected chi connectivity index (χ0v) is 14.6. The molecule has 128 valence electrons. The minimum Gasteiger partial charge on any atom is -0.353 e. The number of hydrogen-bond acceptors (Lipinski definition) is 7. The average molecular weight is 335 g/mol. The molecule has 0 atom stereocenters. The van der Waals surface area contributed by atoms with Gasteiger partial charge >= 0.3 is 0 Å². The fourth-order valence-corrected chi connectivity index (χ4v) is 3.24. The van der Waals surface area contributed by atoms with Gasteiger partial charge in [-0.15, -0.1) is 0 Å². The molecule has 0 saturated carbocycles. The highest BCUT2D eigenvalue weighted by molar-refractivity contribution is 5.86. The van der Waals surface area contributed by atoms with Gasteiger partial charge in [-0.05, 0) is 25.5 Å². The first-order chi connectivity index (χ1) is 12.2. The maximum Gasteiger partial charge on any atom is 0.164 e. The van der Waals surface area contributed by atoms with Gasteiger partial charge in [0.25, 0.3) is 0 Å². The standard InChI is InChI=1S/C18H21N7/c1-3-14-11-16(23-13(2)22-14)24-7-9-25(10-8-24)18-15-5-4-6-19-17(15)20-12-21-18/h4-6,11-12H,3,7-10H2,1-2H3. The van der Waals surface area contributed by atoms with Crippen LogP contribution in [0, 0.1) is 6.92 Å². The molecule has 1 aliphatic rings. The van der Waals surface area contributed by atoms with Crippen LogP contribution < -0.4 is 9.80 Å². The molecule has 4 heterocycles. The van der Waals surface area contributed by atoms with E-state index in [1.165, 1.54) is 0 Å². The number of rotatable bonds is 3. The molecule has 7 nitrogen and oxygen atoms in total. The molecule has 0 N–H and O–H groups in total. The topological polar surface area (TPSA) is 70.9 Å². The summed E-state index contributed by atoms with van der Waals surface area (Å²) in [5.74, 6) is 2.83. The minimum absolute atomic E-state index is 0.744. The van der Waals surface area contributed by atoms with Gasteiger partial charge < -0.3 is 9.80 Å². The molecule has 1 saturated heterocycles. The van der Waals surface area contributed by atoms with E-state index in [4.69, 9.17) is 0 Å². The third kappa shape index (κ3) is 3.09. The number of nitrogens with zero attached hydrogens (tertiary/aromatic N) is 7. The monoisotopic (exact) mass is 335 g/mol. The van der Waals surface area contributed by atoms with E-state index in [1.807, 2.05) is 19.1 Å². The van der Waals surface area contributed by atoms with Gasteiger partial charge in [0.2, 0.25) is 0 Å². The number of hydrogen-bond donors (Lipinski definition) is 0. The van der Waals surface area contributed by atoms with Gasteiger partial charge in [0.1, 0.15) is 23.8 Å². The summed E-state index contributed by atoms with van der Waals surface area (Å²) in [6.07, 6.45) is 4.29. The zero-order chi connectivity index (χ0) is 17.2. The lowest BCUT2D eigenvalue weighted by molar-refractivity contribution is 0.640. The molecule has 0 aliphatic carbocycles. The fraction of sp³-hybridized carbons (Fsp3) is 0.389. The maximum atomic E-state index is 4.61. The number of anilines is 2. The van der Waals surface area contributed by atoms with Crippen LogP contribution in [0.4, 0.5) is 11.6 Å². The number of aryl methyl sites for hydroxylation is 2. The Balaban J connectivity index is 1.54. The Labute approximate surface area is 146 Å². The van der Waals surface area contributed by atoms with Gasteiger partial charge in [0, 0.05) is 44.1 Å². The summed E-state index contributed by atoms with van der Waals surface area (Å²) in [6.45, 7) is 7.68. The minimum atomic E-state index is 0.744. The number of fused-ring (bicyclic) bond motifs is 1. The zero-order valence-electron chi connectivity index (χ0n) is 14.6. The molecule has 7 heteroatoms. The highest BCUT2D eigenvalue weighted by atomic mass is 15.3. The van der Waals surface area contributed by atoms with E-state index in [2.05, 4.69) is 47.7 Å². The van der Waals surface area contributed by atoms with Crippen molar-refractivity contribution in [2.45, 2.75) is 20.3 Å². The SMILES string of the molecule is CCc1cc(N2CCN(c3ncnc4ncccc34)CC2)nc(C)n1. The Morgan fingerprint density at radius 2 is 1.80 bits per heavy atom. The molecule has 1 aliphatic heterocycles. The van der Waals surface area contributed by atoms with Crippen LogP contribution in [0.1, 0.15) is 18.4 Å². The van der Waals surface area contributed by atoms with Crippen LogP contribution in [-0.2, 0) is 6.42 Å². The van der Waals surface area contributed by atoms with Crippen molar-refractivity contribution in [3.05, 3.63) is 42.2 Å². The van der Waals surface area contributed by atoms with E-state index in [1.54, 1.807) is 12.5 Å². The Morgan fingerprint density at radius 3 is 2.60 bits per heavy atom. The van der Waals surface area contributed by atoms with Crippen LogP contribution in [0.15, 0.2) is 30.7 Å². The van der Waals surface area contributed by atoms with E-state index in [9.17, 15) is 0 Å². The number of pyridine rings is 1. The molecule has 0 amide bonds. The lowest BCUT2D eigenvalue weighted by Crippen LogP contribution is -2.47. The van der Waals surface area contributed by atoms with Crippen molar-refractivity contribution in [3.8, 4) is 0 Å². The van der Waals surface area contributed by atoms with Crippen molar-refractivity contribution < 1.29 is 0 Å². The highest BCUT2D eigenvalue weighted by Gasteiger charge is 2.21. The molecule has 25 heavy (non-hydrogen) atoms. The second-order valence-electron chi connectivity index (χ2n) is 6.16. The normalized spacial score (nSPS) is 15.0. The molecular weight excluding hydrogens is 314 g/mol. The quantitative estimate of drug-likeness (QED) is 0.725. The third-order valence-corrected chi connectivity index (χ3v) is 4.53. The third-order valence-electron chi connectivity index (χ3n) is 4.53. The number of piperazine rings is 1. The average Bonchev–Trinajstić information content (AvgIpc) is 2.67. The van der Waals surface area contributed by atoms with Gasteiger partial charge in [-0.1, -0.05) is 6.92 Å². The Hall–Kier alpha value is -2.83. The van der Waals surface area contributed by atoms with Crippen molar-refractivity contribution in [2.24, 2.45) is 0 Å². The molecule has 3 aromatic rings. The van der Waals surface area contributed by atoms with Crippen molar-refractivity contribution >= 4 is 22.7 Å². The molecule has 1 fully saturated rings. The fourth-order valence-electron chi connectivity index (χ4n) is 3.24. The molecule has 3 aromatic heterocycles. The summed E-state index contributed by atoms with van der Waals surface area (Å²) in [6, 6.07) is 6.07. The summed E-state index contributed by atoms with van der Waals surface area (Å²) in [4.78, 5) is 26.8. The first-order valence-corrected chi connectivity index (χ1v) is 8.65. The van der Waals surface area contributed by atoms with Crippen LogP contribution in [0.25, 0.3) is 11.0 Å². The van der Waals surface area contributed by atoms with Gasteiger partial charge in [0.05, 0.1) is 5.39 Å². The molecule has 0 radical (unpaired) electrons. The van der Waals surface area contributed by atoms with Gasteiger partial charge in [-0.2, -0.15) is 0 Å². The predicted octanol–water partition coefficient (Wildman–Crippen LogP) is 2.01. The molecular formula is C18H21N7. The van der Waals surface area contributed by atoms with Crippen molar-refractivity contribution in [3.63, 3.8) is 0 Å². The smallest absolute Gasteiger partial charge is 0.164 e. The van der Waals surface area contributed by atoms with E-state index >= 15 is 0 Å².